The lowest BCUT2D eigenvalue weighted by atomic mass is 9.54. The van der Waals surface area contributed by atoms with Gasteiger partial charge in [-0.3, -0.25) is 4.99 Å². The topological polar surface area (TPSA) is 58.8 Å². The molecule has 1 aromatic heterocycles. The van der Waals surface area contributed by atoms with Crippen molar-refractivity contribution >= 4 is 5.96 Å². The minimum absolute atomic E-state index is 0.349. The van der Waals surface area contributed by atoms with Crippen molar-refractivity contribution in [3.05, 3.63) is 24.2 Å². The van der Waals surface area contributed by atoms with Crippen molar-refractivity contribution in [2.45, 2.75) is 70.6 Å². The van der Waals surface area contributed by atoms with Crippen molar-refractivity contribution in [1.82, 2.24) is 10.6 Å². The molecule has 0 radical (unpaired) electrons. The second-order valence-corrected chi connectivity index (χ2v) is 8.16. The highest BCUT2D eigenvalue weighted by Gasteiger charge is 2.65. The molecule has 3 unspecified atom stereocenters. The van der Waals surface area contributed by atoms with E-state index in [0.29, 0.717) is 29.5 Å². The minimum Gasteiger partial charge on any atom is -0.469 e. The Bertz CT molecular complexity index is 590. The van der Waals surface area contributed by atoms with Gasteiger partial charge in [0.15, 0.2) is 5.96 Å². The predicted octanol–water partition coefficient (Wildman–Crippen LogP) is 3.11. The quantitative estimate of drug-likeness (QED) is 0.636. The number of guanidine groups is 1. The molecule has 5 heteroatoms. The first kappa shape index (κ1) is 17.0. The fourth-order valence-electron chi connectivity index (χ4n) is 5.19. The van der Waals surface area contributed by atoms with Crippen molar-refractivity contribution < 1.29 is 9.15 Å². The van der Waals surface area contributed by atoms with Gasteiger partial charge in [-0.25, -0.2) is 0 Å². The lowest BCUT2D eigenvalue weighted by Gasteiger charge is -2.57. The summed E-state index contributed by atoms with van der Waals surface area (Å²) in [5, 5.41) is 7.31. The molecule has 1 aromatic rings. The van der Waals surface area contributed by atoms with Crippen LogP contribution >= 0.6 is 0 Å². The van der Waals surface area contributed by atoms with E-state index in [-0.39, 0.29) is 0 Å². The van der Waals surface area contributed by atoms with Crippen LogP contribution in [0.1, 0.15) is 51.7 Å². The second-order valence-electron chi connectivity index (χ2n) is 8.16. The summed E-state index contributed by atoms with van der Waals surface area (Å²) >= 11 is 0. The summed E-state index contributed by atoms with van der Waals surface area (Å²) in [5.74, 6) is 2.60. The summed E-state index contributed by atoms with van der Waals surface area (Å²) in [6.45, 7) is 5.99. The summed E-state index contributed by atoms with van der Waals surface area (Å²) in [6, 6.07) is 4.82. The molecule has 0 aromatic carbocycles. The van der Waals surface area contributed by atoms with Gasteiger partial charge in [0.2, 0.25) is 0 Å². The van der Waals surface area contributed by atoms with E-state index >= 15 is 0 Å². The smallest absolute Gasteiger partial charge is 0.191 e. The van der Waals surface area contributed by atoms with Crippen LogP contribution < -0.4 is 10.6 Å². The first-order chi connectivity index (χ1) is 12.2. The van der Waals surface area contributed by atoms with E-state index in [1.54, 1.807) is 6.26 Å². The van der Waals surface area contributed by atoms with E-state index in [4.69, 9.17) is 14.1 Å². The van der Waals surface area contributed by atoms with Crippen molar-refractivity contribution in [2.24, 2.45) is 16.3 Å². The number of ether oxygens (including phenoxy) is 1. The van der Waals surface area contributed by atoms with Crippen molar-refractivity contribution in [3.8, 4) is 0 Å². The molecule has 1 spiro atoms. The zero-order valence-corrected chi connectivity index (χ0v) is 15.5. The monoisotopic (exact) mass is 345 g/mol. The molecule has 0 amide bonds. The number of nitrogens with one attached hydrogen (secondary N) is 2. The molecule has 3 aliphatic rings. The molecule has 3 fully saturated rings. The zero-order valence-electron chi connectivity index (χ0n) is 15.5. The standard InChI is InChI=1S/C20H31N3O2/c1-14(2)22-19(21-11-7-15-6-5-12-24-15)23-17-16-8-13-25-18(16)20(17)9-3-4-10-20/h5-6,12,14,16-18H,3-4,7-11,13H2,1-2H3,(H2,21,22,23). The first-order valence-electron chi connectivity index (χ1n) is 9.90. The fraction of sp³-hybridized carbons (Fsp3) is 0.750. The number of hydrogen-bond donors (Lipinski definition) is 2. The second kappa shape index (κ2) is 7.02. The maximum Gasteiger partial charge on any atom is 0.191 e. The third-order valence-electron chi connectivity index (χ3n) is 6.21. The molecule has 138 valence electrons. The van der Waals surface area contributed by atoms with Crippen molar-refractivity contribution in [3.63, 3.8) is 0 Å². The Morgan fingerprint density at radius 3 is 2.92 bits per heavy atom. The minimum atomic E-state index is 0.349. The van der Waals surface area contributed by atoms with Gasteiger partial charge in [-0.05, 0) is 45.2 Å². The normalized spacial score (nSPS) is 30.5. The average molecular weight is 345 g/mol. The summed E-state index contributed by atoms with van der Waals surface area (Å²) in [6.07, 6.45) is 9.51. The van der Waals surface area contributed by atoms with Gasteiger partial charge in [0, 0.05) is 43.0 Å². The van der Waals surface area contributed by atoms with Crippen molar-refractivity contribution in [1.29, 1.82) is 0 Å². The Morgan fingerprint density at radius 2 is 2.20 bits per heavy atom. The highest BCUT2D eigenvalue weighted by Crippen LogP contribution is 2.60. The van der Waals surface area contributed by atoms with E-state index in [9.17, 15) is 0 Å². The maximum atomic E-state index is 6.10. The van der Waals surface area contributed by atoms with Crippen LogP contribution in [0.3, 0.4) is 0 Å². The van der Waals surface area contributed by atoms with E-state index in [0.717, 1.165) is 31.3 Å². The van der Waals surface area contributed by atoms with Gasteiger partial charge < -0.3 is 19.8 Å². The largest absolute Gasteiger partial charge is 0.469 e. The van der Waals surface area contributed by atoms with Crippen LogP contribution in [0.15, 0.2) is 27.8 Å². The molecule has 5 nitrogen and oxygen atoms in total. The maximum absolute atomic E-state index is 6.10. The third kappa shape index (κ3) is 3.19. The first-order valence-corrected chi connectivity index (χ1v) is 9.90. The number of rotatable bonds is 5. The van der Waals surface area contributed by atoms with Crippen LogP contribution in [0.2, 0.25) is 0 Å². The molecule has 1 saturated heterocycles. The van der Waals surface area contributed by atoms with Gasteiger partial charge in [0.1, 0.15) is 5.76 Å². The lowest BCUT2D eigenvalue weighted by molar-refractivity contribution is -0.125. The van der Waals surface area contributed by atoms with Gasteiger partial charge in [-0.2, -0.15) is 0 Å². The van der Waals surface area contributed by atoms with Crippen LogP contribution in [0, 0.1) is 11.3 Å². The molecule has 2 heterocycles. The van der Waals surface area contributed by atoms with E-state index in [2.05, 4.69) is 24.5 Å². The van der Waals surface area contributed by atoms with E-state index in [1.165, 1.54) is 32.1 Å². The SMILES string of the molecule is CC(C)NC(=NCCc1ccco1)NC1C2CCOC2C12CCCC2. The third-order valence-corrected chi connectivity index (χ3v) is 6.21. The number of fused-ring (bicyclic) bond motifs is 2. The van der Waals surface area contributed by atoms with Gasteiger partial charge in [-0.1, -0.05) is 12.8 Å². The molecule has 3 atom stereocenters. The van der Waals surface area contributed by atoms with Crippen molar-refractivity contribution in [2.75, 3.05) is 13.2 Å². The predicted molar refractivity (Wildman–Crippen MR) is 98.7 cm³/mol. The Balaban J connectivity index is 1.44. The van der Waals surface area contributed by atoms with E-state index < -0.39 is 0 Å². The summed E-state index contributed by atoms with van der Waals surface area (Å²) in [4.78, 5) is 4.82. The summed E-state index contributed by atoms with van der Waals surface area (Å²) in [5.41, 5.74) is 0.349. The number of furan rings is 1. The average Bonchev–Trinajstić information content (AvgIpc) is 3.31. The van der Waals surface area contributed by atoms with Gasteiger partial charge in [-0.15, -0.1) is 0 Å². The number of nitrogens with zero attached hydrogens (tertiary/aromatic N) is 1. The zero-order chi connectivity index (χ0) is 17.3. The molecule has 25 heavy (non-hydrogen) atoms. The highest BCUT2D eigenvalue weighted by atomic mass is 16.5. The Morgan fingerprint density at radius 1 is 1.36 bits per heavy atom. The summed E-state index contributed by atoms with van der Waals surface area (Å²) < 4.78 is 11.5. The number of hydrogen-bond acceptors (Lipinski definition) is 3. The van der Waals surface area contributed by atoms with Crippen LogP contribution in [0.5, 0.6) is 0 Å². The van der Waals surface area contributed by atoms with Crippen LogP contribution in [-0.4, -0.2) is 37.3 Å². The van der Waals surface area contributed by atoms with E-state index in [1.807, 2.05) is 12.1 Å². The molecule has 4 rings (SSSR count). The van der Waals surface area contributed by atoms with Crippen LogP contribution in [-0.2, 0) is 11.2 Å². The molecule has 2 aliphatic carbocycles. The lowest BCUT2D eigenvalue weighted by Crippen LogP contribution is -2.69. The molecule has 0 bridgehead atoms. The van der Waals surface area contributed by atoms with Crippen LogP contribution in [0.25, 0.3) is 0 Å². The fourth-order valence-corrected chi connectivity index (χ4v) is 5.19. The highest BCUT2D eigenvalue weighted by molar-refractivity contribution is 5.80. The molecule has 2 saturated carbocycles. The molecular weight excluding hydrogens is 314 g/mol. The molecule has 1 aliphatic heterocycles. The molecular formula is C20H31N3O2. The van der Waals surface area contributed by atoms with Gasteiger partial charge >= 0.3 is 0 Å². The Labute approximate surface area is 150 Å². The summed E-state index contributed by atoms with van der Waals surface area (Å²) in [7, 11) is 0. The van der Waals surface area contributed by atoms with Gasteiger partial charge in [0.05, 0.1) is 12.4 Å². The van der Waals surface area contributed by atoms with Gasteiger partial charge in [0.25, 0.3) is 0 Å². The molecule has 2 N–H and O–H groups in total. The number of aliphatic imine (C=N–C) groups is 1. The Hall–Kier alpha value is -1.49. The Kier molecular flexibility index (Phi) is 4.76. The van der Waals surface area contributed by atoms with Crippen LogP contribution in [0.4, 0.5) is 0 Å².